The summed E-state index contributed by atoms with van der Waals surface area (Å²) >= 11 is 0. The second-order valence-electron chi connectivity index (χ2n) is 10.4. The minimum absolute atomic E-state index is 0.0977. The van der Waals surface area contributed by atoms with Gasteiger partial charge >= 0.3 is 0 Å². The van der Waals surface area contributed by atoms with Crippen molar-refractivity contribution in [3.63, 3.8) is 0 Å². The first-order valence-electron chi connectivity index (χ1n) is 13.4. The number of piperazine rings is 1. The molecule has 2 aliphatic heterocycles. The van der Waals surface area contributed by atoms with Gasteiger partial charge in [-0.3, -0.25) is 19.9 Å². The van der Waals surface area contributed by atoms with Crippen molar-refractivity contribution >= 4 is 17.5 Å². The van der Waals surface area contributed by atoms with Gasteiger partial charge in [0, 0.05) is 56.1 Å². The average molecular weight is 538 g/mol. The molecule has 1 saturated carbocycles. The topological polar surface area (TPSA) is 112 Å². The van der Waals surface area contributed by atoms with E-state index in [2.05, 4.69) is 26.5 Å². The van der Waals surface area contributed by atoms with Gasteiger partial charge in [0.2, 0.25) is 5.91 Å². The number of halogens is 1. The Morgan fingerprint density at radius 1 is 1.05 bits per heavy atom. The monoisotopic (exact) mass is 537 g/mol. The minimum Gasteiger partial charge on any atom is -0.379 e. The summed E-state index contributed by atoms with van der Waals surface area (Å²) in [6, 6.07) is 12.9. The van der Waals surface area contributed by atoms with Crippen molar-refractivity contribution in [2.75, 3.05) is 38.2 Å². The lowest BCUT2D eigenvalue weighted by Gasteiger charge is -2.35. The molecule has 39 heavy (non-hydrogen) atoms. The molecular weight excluding hydrogens is 501 g/mol. The minimum atomic E-state index is -0.825. The molecule has 1 aliphatic carbocycles. The number of hydrazine groups is 2. The first-order chi connectivity index (χ1) is 18.9. The first kappa shape index (κ1) is 27.1. The molecule has 0 bridgehead atoms. The van der Waals surface area contributed by atoms with E-state index in [1.54, 1.807) is 40.4 Å². The molecule has 2 fully saturated rings. The second-order valence-corrected chi connectivity index (χ2v) is 10.4. The van der Waals surface area contributed by atoms with E-state index in [0.29, 0.717) is 31.5 Å². The summed E-state index contributed by atoms with van der Waals surface area (Å²) in [4.78, 5) is 30.5. The number of hydrogen-bond donors (Lipinski definition) is 5. The van der Waals surface area contributed by atoms with E-state index in [1.807, 2.05) is 25.4 Å². The maximum atomic E-state index is 13.4. The van der Waals surface area contributed by atoms with Crippen molar-refractivity contribution in [2.45, 2.75) is 43.5 Å². The number of aliphatic hydroxyl groups is 1. The molecule has 0 unspecified atom stereocenters. The Morgan fingerprint density at radius 2 is 1.77 bits per heavy atom. The van der Waals surface area contributed by atoms with Crippen LogP contribution in [0.4, 0.5) is 10.1 Å². The molecule has 5 N–H and O–H groups in total. The zero-order valence-electron chi connectivity index (χ0n) is 22.0. The summed E-state index contributed by atoms with van der Waals surface area (Å²) in [5.41, 5.74) is 8.14. The summed E-state index contributed by atoms with van der Waals surface area (Å²) < 4.78 is 13.2. The molecule has 0 radical (unpaired) electrons. The standard InChI is InChI=1S/C28H36FN7O3/c1-34-14-16-35(17-15-34)28(39)24(32-27(38)20-4-8-22(9-5-20)36-13-12-30-33-36)10-11-26(37)31-25-18-23(25)19-2-6-21(29)7-3-19/h2-9,12-13,23-26,30-31,33,37H,10-11,14-18H2,1H3,(H,32,38)/t23-,24-,25+,26+/m0/s1. The van der Waals surface area contributed by atoms with Crippen molar-refractivity contribution in [2.24, 2.45) is 0 Å². The molecule has 208 valence electrons. The number of amides is 2. The number of likely N-dealkylation sites (N-methyl/N-ethyl adjacent to an activating group) is 1. The summed E-state index contributed by atoms with van der Waals surface area (Å²) in [6.45, 7) is 2.75. The Morgan fingerprint density at radius 3 is 2.44 bits per heavy atom. The molecular formula is C28H36FN7O3. The largest absolute Gasteiger partial charge is 0.379 e. The van der Waals surface area contributed by atoms with Crippen LogP contribution >= 0.6 is 0 Å². The third-order valence-corrected chi connectivity index (χ3v) is 7.54. The van der Waals surface area contributed by atoms with Crippen molar-refractivity contribution in [1.29, 1.82) is 0 Å². The Balaban J connectivity index is 1.18. The quantitative estimate of drug-likeness (QED) is 0.288. The first-order valence-corrected chi connectivity index (χ1v) is 13.4. The third-order valence-electron chi connectivity index (χ3n) is 7.54. The van der Waals surface area contributed by atoms with Gasteiger partial charge in [0.15, 0.2) is 0 Å². The van der Waals surface area contributed by atoms with Crippen LogP contribution in [0, 0.1) is 5.82 Å². The van der Waals surface area contributed by atoms with Crippen LogP contribution in [0.15, 0.2) is 60.9 Å². The lowest BCUT2D eigenvalue weighted by molar-refractivity contribution is -0.135. The lowest BCUT2D eigenvalue weighted by atomic mass is 10.1. The molecule has 2 amide bonds. The van der Waals surface area contributed by atoms with E-state index in [-0.39, 0.29) is 29.6 Å². The maximum Gasteiger partial charge on any atom is 0.251 e. The predicted octanol–water partition coefficient (Wildman–Crippen LogP) is 1.24. The fourth-order valence-electron chi connectivity index (χ4n) is 5.04. The molecule has 3 aliphatic rings. The van der Waals surface area contributed by atoms with Crippen molar-refractivity contribution < 1.29 is 19.1 Å². The number of hydrogen-bond acceptors (Lipinski definition) is 8. The van der Waals surface area contributed by atoms with Gasteiger partial charge in [-0.15, -0.1) is 5.53 Å². The molecule has 0 aromatic heterocycles. The average Bonchev–Trinajstić information content (AvgIpc) is 3.48. The summed E-state index contributed by atoms with van der Waals surface area (Å²) in [7, 11) is 2.02. The Bertz CT molecular complexity index is 1170. The van der Waals surface area contributed by atoms with E-state index < -0.39 is 12.3 Å². The summed E-state index contributed by atoms with van der Waals surface area (Å²) in [5.74, 6) is -0.504. The zero-order chi connectivity index (χ0) is 27.4. The number of benzene rings is 2. The normalized spacial score (nSPS) is 22.3. The van der Waals surface area contributed by atoms with E-state index in [4.69, 9.17) is 0 Å². The van der Waals surface area contributed by atoms with Crippen LogP contribution in [0.1, 0.15) is 41.1 Å². The maximum absolute atomic E-state index is 13.4. The molecule has 2 aromatic carbocycles. The van der Waals surface area contributed by atoms with Gasteiger partial charge in [0.1, 0.15) is 18.1 Å². The van der Waals surface area contributed by atoms with Gasteiger partial charge in [-0.2, -0.15) is 0 Å². The molecule has 1 saturated heterocycles. The Hall–Kier alpha value is -3.51. The second kappa shape index (κ2) is 12.1. The third kappa shape index (κ3) is 6.93. The highest BCUT2D eigenvalue weighted by atomic mass is 19.1. The van der Waals surface area contributed by atoms with E-state index in [9.17, 15) is 19.1 Å². The fourth-order valence-corrected chi connectivity index (χ4v) is 5.04. The van der Waals surface area contributed by atoms with E-state index >= 15 is 0 Å². The zero-order valence-corrected chi connectivity index (χ0v) is 22.0. The van der Waals surface area contributed by atoms with Gasteiger partial charge in [0.25, 0.3) is 5.91 Å². The molecule has 11 heteroatoms. The molecule has 10 nitrogen and oxygen atoms in total. The molecule has 0 spiro atoms. The van der Waals surface area contributed by atoms with Gasteiger partial charge < -0.3 is 25.6 Å². The van der Waals surface area contributed by atoms with E-state index in [0.717, 1.165) is 30.8 Å². The lowest BCUT2D eigenvalue weighted by Crippen LogP contribution is -2.54. The predicted molar refractivity (Wildman–Crippen MR) is 146 cm³/mol. The van der Waals surface area contributed by atoms with Gasteiger partial charge in [-0.25, -0.2) is 4.39 Å². The highest BCUT2D eigenvalue weighted by molar-refractivity contribution is 5.97. The van der Waals surface area contributed by atoms with Crippen molar-refractivity contribution in [3.8, 4) is 0 Å². The van der Waals surface area contributed by atoms with Crippen molar-refractivity contribution in [1.82, 2.24) is 31.4 Å². The molecule has 2 heterocycles. The highest BCUT2D eigenvalue weighted by Gasteiger charge is 2.39. The summed E-state index contributed by atoms with van der Waals surface area (Å²) in [5, 5.41) is 18.6. The Kier molecular flexibility index (Phi) is 8.41. The number of carbonyl (C=O) groups excluding carboxylic acids is 2. The highest BCUT2D eigenvalue weighted by Crippen LogP contribution is 2.41. The van der Waals surface area contributed by atoms with Gasteiger partial charge in [0.05, 0.1) is 5.69 Å². The smallest absolute Gasteiger partial charge is 0.251 e. The number of aliphatic hydroxyl groups excluding tert-OH is 1. The van der Waals surface area contributed by atoms with Crippen LogP contribution < -0.4 is 26.6 Å². The number of rotatable bonds is 10. The Labute approximate surface area is 227 Å². The number of carbonyl (C=O) groups is 2. The van der Waals surface area contributed by atoms with Crippen LogP contribution in [-0.2, 0) is 4.79 Å². The van der Waals surface area contributed by atoms with Crippen molar-refractivity contribution in [3.05, 3.63) is 77.9 Å². The van der Waals surface area contributed by atoms with Crippen LogP contribution in [0.2, 0.25) is 0 Å². The fraction of sp³-hybridized carbons (Fsp3) is 0.429. The van der Waals surface area contributed by atoms with Gasteiger partial charge in [-0.1, -0.05) is 12.1 Å². The molecule has 4 atom stereocenters. The molecule has 2 aromatic rings. The number of anilines is 1. The van der Waals surface area contributed by atoms with Crippen LogP contribution in [0.5, 0.6) is 0 Å². The van der Waals surface area contributed by atoms with Gasteiger partial charge in [-0.05, 0) is 68.3 Å². The van der Waals surface area contributed by atoms with E-state index in [1.165, 1.54) is 12.1 Å². The number of nitrogens with zero attached hydrogens (tertiary/aromatic N) is 3. The summed E-state index contributed by atoms with van der Waals surface area (Å²) in [6.07, 6.45) is 4.21. The molecule has 5 rings (SSSR count). The van der Waals surface area contributed by atoms with Crippen LogP contribution in [0.25, 0.3) is 0 Å². The van der Waals surface area contributed by atoms with Crippen LogP contribution in [0.3, 0.4) is 0 Å². The van der Waals surface area contributed by atoms with Crippen LogP contribution in [-0.4, -0.2) is 78.3 Å². The SMILES string of the molecule is CN1CCN(C(=O)[C@H](CC[C@@H](O)N[C@@H]2C[C@H]2c2ccc(F)cc2)NC(=O)c2ccc(N3C=CNN3)cc2)CC1. The number of nitrogens with one attached hydrogen (secondary N) is 4.